The van der Waals surface area contributed by atoms with Gasteiger partial charge in [0.05, 0.1) is 12.2 Å². The van der Waals surface area contributed by atoms with E-state index in [1.54, 1.807) is 7.05 Å². The van der Waals surface area contributed by atoms with Gasteiger partial charge >= 0.3 is 0 Å². The number of hydrogen-bond acceptors (Lipinski definition) is 2. The van der Waals surface area contributed by atoms with Crippen molar-refractivity contribution in [3.63, 3.8) is 0 Å². The van der Waals surface area contributed by atoms with Gasteiger partial charge in [0.25, 0.3) is 0 Å². The number of rotatable bonds is 3. The zero-order chi connectivity index (χ0) is 8.91. The molecule has 0 saturated heterocycles. The maximum absolute atomic E-state index is 10.7. The van der Waals surface area contributed by atoms with E-state index in [9.17, 15) is 4.79 Å². The molecule has 0 rings (SSSR count). The summed E-state index contributed by atoms with van der Waals surface area (Å²) in [6.07, 6.45) is 0.438. The highest BCUT2D eigenvalue weighted by Crippen LogP contribution is 2.06. The maximum atomic E-state index is 10.7. The minimum Gasteiger partial charge on any atom is -0.375 e. The molecule has 0 aromatic carbocycles. The molecule has 0 aromatic rings. The lowest BCUT2D eigenvalue weighted by atomic mass is 10.2. The van der Waals surface area contributed by atoms with Gasteiger partial charge < -0.3 is 10.1 Å². The second-order valence-electron chi connectivity index (χ2n) is 3.38. The molecule has 0 unspecified atom stereocenters. The summed E-state index contributed by atoms with van der Waals surface area (Å²) in [6.45, 7) is 6.40. The minimum atomic E-state index is -0.145. The number of carbonyl (C=O) groups is 1. The van der Waals surface area contributed by atoms with Crippen molar-refractivity contribution >= 4 is 5.91 Å². The first kappa shape index (κ1) is 10.4. The van der Waals surface area contributed by atoms with Crippen LogP contribution in [0.5, 0.6) is 0 Å². The molecule has 0 saturated carbocycles. The lowest BCUT2D eigenvalue weighted by molar-refractivity contribution is -0.122. The van der Waals surface area contributed by atoms with Crippen LogP contribution in [0, 0.1) is 0 Å². The normalized spacial score (nSPS) is 11.3. The average molecular weight is 159 g/mol. The van der Waals surface area contributed by atoms with Crippen LogP contribution >= 0.6 is 0 Å². The Morgan fingerprint density at radius 1 is 1.45 bits per heavy atom. The maximum Gasteiger partial charge on any atom is 0.222 e. The second kappa shape index (κ2) is 4.34. The summed E-state index contributed by atoms with van der Waals surface area (Å²) in [5.41, 5.74) is -0.145. The van der Waals surface area contributed by atoms with Crippen LogP contribution in [0.1, 0.15) is 27.2 Å². The number of hydrogen-bond donors (Lipinski definition) is 1. The fourth-order valence-electron chi connectivity index (χ4n) is 0.575. The van der Waals surface area contributed by atoms with E-state index in [-0.39, 0.29) is 11.5 Å². The quantitative estimate of drug-likeness (QED) is 0.665. The summed E-state index contributed by atoms with van der Waals surface area (Å²) >= 11 is 0. The predicted octanol–water partition coefficient (Wildman–Crippen LogP) is 0.938. The zero-order valence-electron chi connectivity index (χ0n) is 7.73. The van der Waals surface area contributed by atoms with Crippen LogP contribution in [0.2, 0.25) is 0 Å². The van der Waals surface area contributed by atoms with Crippen molar-refractivity contribution in [1.82, 2.24) is 5.32 Å². The van der Waals surface area contributed by atoms with Gasteiger partial charge in [0.1, 0.15) is 0 Å². The highest BCUT2D eigenvalue weighted by molar-refractivity contribution is 5.75. The fourth-order valence-corrected chi connectivity index (χ4v) is 0.575. The van der Waals surface area contributed by atoms with Gasteiger partial charge in [-0.3, -0.25) is 4.79 Å². The number of nitrogens with one attached hydrogen (secondary N) is 1. The first-order chi connectivity index (χ1) is 4.95. The molecule has 0 fully saturated rings. The standard InChI is InChI=1S/C8H17NO2/c1-8(2,3)11-6-5-7(10)9-4/h5-6H2,1-4H3,(H,9,10). The zero-order valence-corrected chi connectivity index (χ0v) is 7.73. The van der Waals surface area contributed by atoms with Gasteiger partial charge in [0, 0.05) is 13.5 Å². The highest BCUT2D eigenvalue weighted by Gasteiger charge is 2.09. The topological polar surface area (TPSA) is 38.3 Å². The molecule has 66 valence electrons. The number of carbonyl (C=O) groups excluding carboxylic acids is 1. The Hall–Kier alpha value is -0.570. The Bertz CT molecular complexity index is 127. The van der Waals surface area contributed by atoms with Crippen molar-refractivity contribution in [2.24, 2.45) is 0 Å². The molecule has 0 atom stereocenters. The molecule has 0 aliphatic rings. The van der Waals surface area contributed by atoms with Gasteiger partial charge in [-0.1, -0.05) is 0 Å². The van der Waals surface area contributed by atoms with Crippen LogP contribution in [0.4, 0.5) is 0 Å². The first-order valence-electron chi connectivity index (χ1n) is 3.80. The molecule has 1 N–H and O–H groups in total. The molecule has 0 aliphatic heterocycles. The Kier molecular flexibility index (Phi) is 4.11. The van der Waals surface area contributed by atoms with Crippen LogP contribution in [0.15, 0.2) is 0 Å². The summed E-state index contributed by atoms with van der Waals surface area (Å²) in [6, 6.07) is 0. The van der Waals surface area contributed by atoms with Gasteiger partial charge in [-0.05, 0) is 20.8 Å². The molecule has 3 nitrogen and oxygen atoms in total. The van der Waals surface area contributed by atoms with Crippen LogP contribution in [-0.2, 0) is 9.53 Å². The third-order valence-corrected chi connectivity index (χ3v) is 1.14. The van der Waals surface area contributed by atoms with E-state index in [0.29, 0.717) is 13.0 Å². The van der Waals surface area contributed by atoms with Crippen molar-refractivity contribution in [2.45, 2.75) is 32.8 Å². The summed E-state index contributed by atoms with van der Waals surface area (Å²) < 4.78 is 5.34. The molecule has 0 aromatic heterocycles. The van der Waals surface area contributed by atoms with Crippen LogP contribution in [-0.4, -0.2) is 25.2 Å². The van der Waals surface area contributed by atoms with E-state index in [1.165, 1.54) is 0 Å². The SMILES string of the molecule is CNC(=O)CCOC(C)(C)C. The van der Waals surface area contributed by atoms with E-state index in [2.05, 4.69) is 5.32 Å². The minimum absolute atomic E-state index is 0.0225. The molecule has 0 radical (unpaired) electrons. The monoisotopic (exact) mass is 159 g/mol. The van der Waals surface area contributed by atoms with Crippen molar-refractivity contribution < 1.29 is 9.53 Å². The molecule has 11 heavy (non-hydrogen) atoms. The van der Waals surface area contributed by atoms with Gasteiger partial charge in [0.15, 0.2) is 0 Å². The third kappa shape index (κ3) is 7.33. The van der Waals surface area contributed by atoms with Crippen LogP contribution < -0.4 is 5.32 Å². The summed E-state index contributed by atoms with van der Waals surface area (Å²) in [7, 11) is 1.62. The van der Waals surface area contributed by atoms with Gasteiger partial charge in [-0.25, -0.2) is 0 Å². The lowest BCUT2D eigenvalue weighted by Crippen LogP contribution is -2.24. The van der Waals surface area contributed by atoms with Crippen molar-refractivity contribution in [2.75, 3.05) is 13.7 Å². The summed E-state index contributed by atoms with van der Waals surface area (Å²) in [4.78, 5) is 10.7. The van der Waals surface area contributed by atoms with Crippen molar-refractivity contribution in [3.8, 4) is 0 Å². The fraction of sp³-hybridized carbons (Fsp3) is 0.875. The summed E-state index contributed by atoms with van der Waals surface area (Å²) in [5.74, 6) is 0.0225. The predicted molar refractivity (Wildman–Crippen MR) is 44.4 cm³/mol. The number of ether oxygens (including phenoxy) is 1. The Morgan fingerprint density at radius 2 is 2.00 bits per heavy atom. The smallest absolute Gasteiger partial charge is 0.222 e. The first-order valence-corrected chi connectivity index (χ1v) is 3.80. The molecule has 0 heterocycles. The molecule has 0 bridgehead atoms. The van der Waals surface area contributed by atoms with E-state index >= 15 is 0 Å². The lowest BCUT2D eigenvalue weighted by Gasteiger charge is -2.18. The molecular formula is C8H17NO2. The Balaban J connectivity index is 3.35. The van der Waals surface area contributed by atoms with Crippen molar-refractivity contribution in [3.05, 3.63) is 0 Å². The highest BCUT2D eigenvalue weighted by atomic mass is 16.5. The Morgan fingerprint density at radius 3 is 2.36 bits per heavy atom. The second-order valence-corrected chi connectivity index (χ2v) is 3.38. The van der Waals surface area contributed by atoms with Gasteiger partial charge in [0.2, 0.25) is 5.91 Å². The number of amides is 1. The molecule has 1 amide bonds. The van der Waals surface area contributed by atoms with E-state index < -0.39 is 0 Å². The summed E-state index contributed by atoms with van der Waals surface area (Å²) in [5, 5.41) is 2.53. The average Bonchev–Trinajstić information content (AvgIpc) is 1.85. The molecule has 0 spiro atoms. The molecular weight excluding hydrogens is 142 g/mol. The van der Waals surface area contributed by atoms with Gasteiger partial charge in [-0.2, -0.15) is 0 Å². The largest absolute Gasteiger partial charge is 0.375 e. The van der Waals surface area contributed by atoms with Gasteiger partial charge in [-0.15, -0.1) is 0 Å². The van der Waals surface area contributed by atoms with Crippen LogP contribution in [0.25, 0.3) is 0 Å². The Labute approximate surface area is 68.1 Å². The van der Waals surface area contributed by atoms with E-state index in [1.807, 2.05) is 20.8 Å². The molecule has 3 heteroatoms. The van der Waals surface area contributed by atoms with E-state index in [4.69, 9.17) is 4.74 Å². The van der Waals surface area contributed by atoms with Crippen LogP contribution in [0.3, 0.4) is 0 Å². The third-order valence-electron chi connectivity index (χ3n) is 1.14. The van der Waals surface area contributed by atoms with Crippen molar-refractivity contribution in [1.29, 1.82) is 0 Å². The van der Waals surface area contributed by atoms with E-state index in [0.717, 1.165) is 0 Å². The molecule has 0 aliphatic carbocycles.